The normalized spacial score (nSPS) is 10.7. The third-order valence-corrected chi connectivity index (χ3v) is 4.07. The molecular formula is C18H23N7O. The third-order valence-electron chi connectivity index (χ3n) is 4.07. The number of hydrogen-bond donors (Lipinski definition) is 1. The van der Waals surface area contributed by atoms with Crippen molar-refractivity contribution in [2.24, 2.45) is 0 Å². The van der Waals surface area contributed by atoms with E-state index in [1.54, 1.807) is 19.4 Å². The van der Waals surface area contributed by atoms with Gasteiger partial charge in [-0.25, -0.2) is 9.97 Å². The Kier molecular flexibility index (Phi) is 5.31. The highest BCUT2D eigenvalue weighted by Gasteiger charge is 2.10. The van der Waals surface area contributed by atoms with Crippen molar-refractivity contribution in [3.8, 4) is 17.1 Å². The minimum absolute atomic E-state index is 0.0444. The van der Waals surface area contributed by atoms with Crippen LogP contribution in [0.1, 0.15) is 12.8 Å². The Hall–Kier alpha value is -3.16. The minimum atomic E-state index is 0.0444. The number of carbonyl (C=O) groups is 1. The summed E-state index contributed by atoms with van der Waals surface area (Å²) >= 11 is 0. The molecule has 0 spiro atoms. The van der Waals surface area contributed by atoms with E-state index >= 15 is 0 Å². The van der Waals surface area contributed by atoms with Gasteiger partial charge in [-0.2, -0.15) is 5.10 Å². The van der Waals surface area contributed by atoms with Crippen LogP contribution in [0.25, 0.3) is 17.1 Å². The number of imidazole rings is 1. The van der Waals surface area contributed by atoms with Crippen LogP contribution in [0.3, 0.4) is 0 Å². The van der Waals surface area contributed by atoms with Crippen LogP contribution in [0.5, 0.6) is 0 Å². The number of anilines is 1. The van der Waals surface area contributed by atoms with Crippen LogP contribution in [0, 0.1) is 0 Å². The van der Waals surface area contributed by atoms with E-state index in [0.717, 1.165) is 29.3 Å². The maximum Gasteiger partial charge on any atom is 0.219 e. The van der Waals surface area contributed by atoms with Crippen LogP contribution in [0.15, 0.2) is 43.1 Å². The second kappa shape index (κ2) is 7.81. The van der Waals surface area contributed by atoms with Crippen molar-refractivity contribution in [2.75, 3.05) is 26.0 Å². The number of pyridine rings is 1. The Morgan fingerprint density at radius 3 is 2.77 bits per heavy atom. The van der Waals surface area contributed by atoms with Gasteiger partial charge < -0.3 is 10.2 Å². The summed E-state index contributed by atoms with van der Waals surface area (Å²) in [4.78, 5) is 22.2. The molecule has 0 unspecified atom stereocenters. The van der Waals surface area contributed by atoms with Crippen LogP contribution < -0.4 is 10.2 Å². The van der Waals surface area contributed by atoms with Crippen molar-refractivity contribution in [3.63, 3.8) is 0 Å². The summed E-state index contributed by atoms with van der Waals surface area (Å²) in [6.45, 7) is 0.691. The molecule has 1 amide bonds. The molecule has 3 aromatic rings. The van der Waals surface area contributed by atoms with E-state index in [9.17, 15) is 4.79 Å². The first-order valence-corrected chi connectivity index (χ1v) is 8.49. The molecule has 3 rings (SSSR count). The highest BCUT2D eigenvalue weighted by molar-refractivity contribution is 5.75. The van der Waals surface area contributed by atoms with Gasteiger partial charge in [-0.15, -0.1) is 0 Å². The number of nitrogens with zero attached hydrogens (tertiary/aromatic N) is 6. The van der Waals surface area contributed by atoms with Crippen LogP contribution in [-0.2, 0) is 11.3 Å². The molecule has 8 nitrogen and oxygen atoms in total. The van der Waals surface area contributed by atoms with E-state index in [0.29, 0.717) is 13.0 Å². The van der Waals surface area contributed by atoms with E-state index in [-0.39, 0.29) is 5.91 Å². The van der Waals surface area contributed by atoms with Gasteiger partial charge in [0.05, 0.1) is 11.9 Å². The molecule has 0 aliphatic heterocycles. The Morgan fingerprint density at radius 1 is 1.23 bits per heavy atom. The average Bonchev–Trinajstić information content (AvgIpc) is 3.30. The highest BCUT2D eigenvalue weighted by Crippen LogP contribution is 2.22. The zero-order valence-corrected chi connectivity index (χ0v) is 15.3. The van der Waals surface area contributed by atoms with Crippen molar-refractivity contribution in [3.05, 3.63) is 43.1 Å². The predicted molar refractivity (Wildman–Crippen MR) is 100 cm³/mol. The summed E-state index contributed by atoms with van der Waals surface area (Å²) in [6.07, 6.45) is 10.5. The molecule has 0 aromatic carbocycles. The van der Waals surface area contributed by atoms with Crippen molar-refractivity contribution in [1.29, 1.82) is 0 Å². The van der Waals surface area contributed by atoms with Crippen LogP contribution in [-0.4, -0.2) is 51.4 Å². The van der Waals surface area contributed by atoms with E-state index in [1.807, 2.05) is 59.0 Å². The number of aromatic nitrogens is 5. The highest BCUT2D eigenvalue weighted by atomic mass is 16.1. The van der Waals surface area contributed by atoms with Crippen LogP contribution in [0.4, 0.5) is 5.82 Å². The van der Waals surface area contributed by atoms with Gasteiger partial charge in [-0.05, 0) is 18.6 Å². The summed E-state index contributed by atoms with van der Waals surface area (Å²) in [5.74, 6) is 1.76. The Labute approximate surface area is 152 Å². The smallest absolute Gasteiger partial charge is 0.219 e. The fourth-order valence-electron chi connectivity index (χ4n) is 2.63. The van der Waals surface area contributed by atoms with E-state index < -0.39 is 0 Å². The largest absolute Gasteiger partial charge is 0.363 e. The Bertz CT molecular complexity index is 864. The molecule has 26 heavy (non-hydrogen) atoms. The molecule has 136 valence electrons. The fraction of sp³-hybridized carbons (Fsp3) is 0.333. The molecule has 0 fully saturated rings. The number of aryl methyl sites for hydroxylation is 1. The lowest BCUT2D eigenvalue weighted by Gasteiger charge is -2.11. The molecule has 3 heterocycles. The van der Waals surface area contributed by atoms with Gasteiger partial charge in [0.1, 0.15) is 11.6 Å². The van der Waals surface area contributed by atoms with Gasteiger partial charge in [0.15, 0.2) is 0 Å². The molecule has 0 atom stereocenters. The quantitative estimate of drug-likeness (QED) is 0.699. The SMILES string of the molecule is CNC(=O)CCCn1cc(-n2ccnc2-c2ccc(N(C)C)nc2)cn1. The lowest BCUT2D eigenvalue weighted by molar-refractivity contribution is -0.120. The van der Waals surface area contributed by atoms with Crippen molar-refractivity contribution >= 4 is 11.7 Å². The number of carbonyl (C=O) groups excluding carboxylic acids is 1. The fourth-order valence-corrected chi connectivity index (χ4v) is 2.63. The van der Waals surface area contributed by atoms with E-state index in [4.69, 9.17) is 0 Å². The van der Waals surface area contributed by atoms with Crippen molar-refractivity contribution < 1.29 is 4.79 Å². The predicted octanol–water partition coefficient (Wildman–Crippen LogP) is 1.72. The molecule has 1 N–H and O–H groups in total. The molecular weight excluding hydrogens is 330 g/mol. The number of hydrogen-bond acceptors (Lipinski definition) is 5. The van der Waals surface area contributed by atoms with Gasteiger partial charge in [0.25, 0.3) is 0 Å². The summed E-state index contributed by atoms with van der Waals surface area (Å²) in [6, 6.07) is 3.98. The minimum Gasteiger partial charge on any atom is -0.363 e. The standard InChI is InChI=1S/C18H23N7O/c1-19-17(26)5-4-9-24-13-15(12-22-24)25-10-8-20-18(25)14-6-7-16(21-11-14)23(2)3/h6-8,10-13H,4-5,9H2,1-3H3,(H,19,26). The van der Waals surface area contributed by atoms with E-state index in [2.05, 4.69) is 20.4 Å². The maximum absolute atomic E-state index is 11.3. The first-order valence-electron chi connectivity index (χ1n) is 8.49. The zero-order valence-electron chi connectivity index (χ0n) is 15.3. The van der Waals surface area contributed by atoms with Gasteiger partial charge >= 0.3 is 0 Å². The second-order valence-electron chi connectivity index (χ2n) is 6.16. The number of nitrogens with one attached hydrogen (secondary N) is 1. The zero-order chi connectivity index (χ0) is 18.5. The first-order chi connectivity index (χ1) is 12.6. The van der Waals surface area contributed by atoms with Crippen molar-refractivity contribution in [2.45, 2.75) is 19.4 Å². The monoisotopic (exact) mass is 353 g/mol. The average molecular weight is 353 g/mol. The molecule has 3 aromatic heterocycles. The second-order valence-corrected chi connectivity index (χ2v) is 6.16. The summed E-state index contributed by atoms with van der Waals surface area (Å²) in [5.41, 5.74) is 1.86. The first kappa shape index (κ1) is 17.7. The van der Waals surface area contributed by atoms with Gasteiger partial charge in [-0.1, -0.05) is 0 Å². The maximum atomic E-state index is 11.3. The molecule has 0 saturated carbocycles. The number of amides is 1. The molecule has 0 radical (unpaired) electrons. The Balaban J connectivity index is 1.75. The molecule has 0 aliphatic rings. The summed E-state index contributed by atoms with van der Waals surface area (Å²) in [7, 11) is 5.57. The van der Waals surface area contributed by atoms with E-state index in [1.165, 1.54) is 0 Å². The summed E-state index contributed by atoms with van der Waals surface area (Å²) < 4.78 is 3.82. The molecule has 0 saturated heterocycles. The van der Waals surface area contributed by atoms with Gasteiger partial charge in [-0.3, -0.25) is 14.0 Å². The number of rotatable bonds is 7. The Morgan fingerprint density at radius 2 is 2.08 bits per heavy atom. The topological polar surface area (TPSA) is 80.9 Å². The summed E-state index contributed by atoms with van der Waals surface area (Å²) in [5, 5.41) is 7.01. The van der Waals surface area contributed by atoms with Gasteiger partial charge in [0, 0.05) is 64.5 Å². The molecule has 0 bridgehead atoms. The van der Waals surface area contributed by atoms with Gasteiger partial charge in [0.2, 0.25) is 5.91 Å². The third kappa shape index (κ3) is 3.90. The van der Waals surface area contributed by atoms with Crippen LogP contribution in [0.2, 0.25) is 0 Å². The van der Waals surface area contributed by atoms with Crippen molar-refractivity contribution in [1.82, 2.24) is 29.6 Å². The van der Waals surface area contributed by atoms with Crippen LogP contribution >= 0.6 is 0 Å². The lowest BCUT2D eigenvalue weighted by atomic mass is 10.2. The molecule has 0 aliphatic carbocycles. The molecule has 8 heteroatoms. The lowest BCUT2D eigenvalue weighted by Crippen LogP contribution is -2.17.